The number of carboxylic acids is 1. The Bertz CT molecular complexity index is 892. The van der Waals surface area contributed by atoms with Gasteiger partial charge in [0, 0.05) is 41.6 Å². The van der Waals surface area contributed by atoms with E-state index in [1.807, 2.05) is 31.4 Å². The topological polar surface area (TPSA) is 87.5 Å². The molecule has 2 aromatic rings. The number of thiophene rings is 1. The van der Waals surface area contributed by atoms with Gasteiger partial charge in [0.05, 0.1) is 6.04 Å². The van der Waals surface area contributed by atoms with Gasteiger partial charge in [-0.05, 0) is 39.8 Å². The second-order valence-electron chi connectivity index (χ2n) is 7.27. The monoisotopic (exact) mass is 446 g/mol. The van der Waals surface area contributed by atoms with Crippen LogP contribution in [0.3, 0.4) is 0 Å². The molecule has 1 atom stereocenters. The molecule has 166 valence electrons. The number of hydrogen-bond acceptors (Lipinski definition) is 5. The molecule has 0 aromatic carbocycles. The van der Waals surface area contributed by atoms with Gasteiger partial charge in [-0.2, -0.15) is 13.2 Å². The third-order valence-corrected chi connectivity index (χ3v) is 5.39. The number of aliphatic carboxylic acids is 1. The Hall–Kier alpha value is -2.40. The Morgan fingerprint density at radius 1 is 1.33 bits per heavy atom. The summed E-state index contributed by atoms with van der Waals surface area (Å²) in [6, 6.07) is 4.71. The molecular weight excluding hydrogens is 421 g/mol. The molecule has 0 radical (unpaired) electrons. The molecule has 1 aliphatic rings. The summed E-state index contributed by atoms with van der Waals surface area (Å²) >= 11 is 1.85. The van der Waals surface area contributed by atoms with Crippen LogP contribution in [0.4, 0.5) is 13.2 Å². The molecule has 2 aromatic heterocycles. The second kappa shape index (κ2) is 9.61. The predicted molar refractivity (Wildman–Crippen MR) is 106 cm³/mol. The van der Waals surface area contributed by atoms with Gasteiger partial charge in [0.25, 0.3) is 5.91 Å². The summed E-state index contributed by atoms with van der Waals surface area (Å²) in [4.78, 5) is 30.8. The number of amides is 1. The van der Waals surface area contributed by atoms with Crippen molar-refractivity contribution >= 4 is 23.2 Å². The molecule has 1 unspecified atom stereocenters. The first-order valence-corrected chi connectivity index (χ1v) is 10.2. The first kappa shape index (κ1) is 23.9. The molecule has 1 amide bonds. The Morgan fingerprint density at radius 3 is 2.47 bits per heavy atom. The van der Waals surface area contributed by atoms with Crippen LogP contribution >= 0.6 is 11.3 Å². The molecular formula is C19H25F3N4O3S. The largest absolute Gasteiger partial charge is 0.490 e. The Balaban J connectivity index is 0.000000396. The van der Waals surface area contributed by atoms with Gasteiger partial charge in [0.2, 0.25) is 0 Å². The minimum atomic E-state index is -5.08. The van der Waals surface area contributed by atoms with Gasteiger partial charge in [-0.25, -0.2) is 9.78 Å². The average molecular weight is 446 g/mol. The van der Waals surface area contributed by atoms with Crippen LogP contribution in [0.25, 0.3) is 0 Å². The van der Waals surface area contributed by atoms with Gasteiger partial charge in [-0.1, -0.05) is 0 Å². The highest BCUT2D eigenvalue weighted by molar-refractivity contribution is 7.11. The molecule has 7 nitrogen and oxygen atoms in total. The van der Waals surface area contributed by atoms with Gasteiger partial charge in [-0.3, -0.25) is 9.69 Å². The van der Waals surface area contributed by atoms with Crippen LogP contribution in [0, 0.1) is 6.92 Å². The highest BCUT2D eigenvalue weighted by Gasteiger charge is 2.38. The molecule has 3 heterocycles. The Morgan fingerprint density at radius 2 is 1.97 bits per heavy atom. The van der Waals surface area contributed by atoms with Crippen molar-refractivity contribution < 1.29 is 27.9 Å². The van der Waals surface area contributed by atoms with Crippen molar-refractivity contribution in [1.82, 2.24) is 19.8 Å². The molecule has 1 aliphatic heterocycles. The number of alkyl halides is 3. The predicted octanol–water partition coefficient (Wildman–Crippen LogP) is 3.60. The Labute approximate surface area is 176 Å². The molecule has 0 saturated carbocycles. The van der Waals surface area contributed by atoms with Crippen LogP contribution < -0.4 is 5.32 Å². The van der Waals surface area contributed by atoms with Crippen molar-refractivity contribution in [3.63, 3.8) is 0 Å². The molecule has 2 N–H and O–H groups in total. The summed E-state index contributed by atoms with van der Waals surface area (Å²) in [6.07, 6.45) is -3.20. The number of imidazole rings is 1. The first-order chi connectivity index (χ1) is 13.9. The van der Waals surface area contributed by atoms with E-state index in [2.05, 4.69) is 45.7 Å². The fraction of sp³-hybridized carbons (Fsp3) is 0.526. The molecule has 0 aliphatic carbocycles. The normalized spacial score (nSPS) is 16.6. The van der Waals surface area contributed by atoms with Crippen molar-refractivity contribution in [2.75, 3.05) is 6.54 Å². The number of carboxylic acid groups (broad SMARTS) is 1. The van der Waals surface area contributed by atoms with E-state index in [-0.39, 0.29) is 18.0 Å². The number of nitrogens with one attached hydrogen (secondary N) is 1. The second-order valence-corrected chi connectivity index (χ2v) is 8.64. The molecule has 0 fully saturated rings. The van der Waals surface area contributed by atoms with E-state index in [0.717, 1.165) is 25.5 Å². The summed E-state index contributed by atoms with van der Waals surface area (Å²) in [5.74, 6) is -1.86. The molecule has 3 rings (SSSR count). The molecule has 0 saturated heterocycles. The van der Waals surface area contributed by atoms with E-state index < -0.39 is 12.1 Å². The van der Waals surface area contributed by atoms with Gasteiger partial charge in [0.15, 0.2) is 0 Å². The zero-order valence-corrected chi connectivity index (χ0v) is 18.0. The van der Waals surface area contributed by atoms with Crippen LogP contribution in [-0.2, 0) is 17.9 Å². The number of nitrogens with zero attached hydrogens (tertiary/aromatic N) is 3. The maximum absolute atomic E-state index is 12.2. The smallest absolute Gasteiger partial charge is 0.475 e. The number of carbonyl (C=O) groups is 2. The summed E-state index contributed by atoms with van der Waals surface area (Å²) in [6.45, 7) is 11.0. The Kier molecular flexibility index (Phi) is 7.64. The average Bonchev–Trinajstić information content (AvgIpc) is 3.23. The fourth-order valence-electron chi connectivity index (χ4n) is 2.97. The SMILES string of the molecule is Cc1ccc(CN2CCn3cc(C(=O)NC(C)C)nc3C2C)s1.O=C(O)C(F)(F)F. The third kappa shape index (κ3) is 6.30. The number of hydrogen-bond donors (Lipinski definition) is 2. The highest BCUT2D eigenvalue weighted by Crippen LogP contribution is 2.28. The van der Waals surface area contributed by atoms with Gasteiger partial charge < -0.3 is 15.0 Å². The first-order valence-electron chi connectivity index (χ1n) is 9.36. The van der Waals surface area contributed by atoms with E-state index in [1.54, 1.807) is 0 Å². The molecule has 0 bridgehead atoms. The van der Waals surface area contributed by atoms with Crippen LogP contribution in [0.5, 0.6) is 0 Å². The number of aryl methyl sites for hydroxylation is 1. The maximum Gasteiger partial charge on any atom is 0.490 e. The quantitative estimate of drug-likeness (QED) is 0.749. The summed E-state index contributed by atoms with van der Waals surface area (Å²) < 4.78 is 33.9. The van der Waals surface area contributed by atoms with E-state index in [1.165, 1.54) is 9.75 Å². The van der Waals surface area contributed by atoms with Gasteiger partial charge in [0.1, 0.15) is 11.5 Å². The van der Waals surface area contributed by atoms with E-state index >= 15 is 0 Å². The maximum atomic E-state index is 12.2. The van der Waals surface area contributed by atoms with Crippen LogP contribution in [0.15, 0.2) is 18.3 Å². The van der Waals surface area contributed by atoms with Gasteiger partial charge in [-0.15, -0.1) is 11.3 Å². The summed E-state index contributed by atoms with van der Waals surface area (Å²) in [5.41, 5.74) is 0.523. The fourth-order valence-corrected chi connectivity index (χ4v) is 3.88. The minimum absolute atomic E-state index is 0.0884. The van der Waals surface area contributed by atoms with Crippen molar-refractivity contribution in [3.05, 3.63) is 39.6 Å². The lowest BCUT2D eigenvalue weighted by molar-refractivity contribution is -0.192. The lowest BCUT2D eigenvalue weighted by Gasteiger charge is -2.33. The standard InChI is InChI=1S/C17H24N4OS.C2HF3O2/c1-11(2)18-17(22)15-10-21-8-7-20(13(4)16(21)19-15)9-14-6-5-12(3)23-14;3-2(4,5)1(6)7/h5-6,10-11,13H,7-9H2,1-4H3,(H,18,22);(H,6,7). The molecule has 30 heavy (non-hydrogen) atoms. The lowest BCUT2D eigenvalue weighted by atomic mass is 10.2. The van der Waals surface area contributed by atoms with Crippen molar-refractivity contribution in [2.24, 2.45) is 0 Å². The van der Waals surface area contributed by atoms with Crippen molar-refractivity contribution in [2.45, 2.75) is 59.0 Å². The molecule has 0 spiro atoms. The van der Waals surface area contributed by atoms with Crippen LogP contribution in [0.1, 0.15) is 52.9 Å². The number of carbonyl (C=O) groups excluding carboxylic acids is 1. The van der Waals surface area contributed by atoms with Crippen LogP contribution in [-0.4, -0.2) is 50.2 Å². The summed E-state index contributed by atoms with van der Waals surface area (Å²) in [5, 5.41) is 10.0. The van der Waals surface area contributed by atoms with Crippen molar-refractivity contribution in [3.8, 4) is 0 Å². The van der Waals surface area contributed by atoms with E-state index in [0.29, 0.717) is 5.69 Å². The molecule has 11 heteroatoms. The lowest BCUT2D eigenvalue weighted by Crippen LogP contribution is -2.36. The number of halogens is 3. The summed E-state index contributed by atoms with van der Waals surface area (Å²) in [7, 11) is 0. The van der Waals surface area contributed by atoms with Gasteiger partial charge >= 0.3 is 12.1 Å². The van der Waals surface area contributed by atoms with E-state index in [4.69, 9.17) is 9.90 Å². The highest BCUT2D eigenvalue weighted by atomic mass is 32.1. The number of fused-ring (bicyclic) bond motifs is 1. The zero-order valence-electron chi connectivity index (χ0n) is 17.2. The zero-order chi connectivity index (χ0) is 22.6. The minimum Gasteiger partial charge on any atom is -0.475 e. The third-order valence-electron chi connectivity index (χ3n) is 4.41. The van der Waals surface area contributed by atoms with Crippen molar-refractivity contribution in [1.29, 1.82) is 0 Å². The number of aromatic nitrogens is 2. The number of rotatable bonds is 4. The van der Waals surface area contributed by atoms with Crippen LogP contribution in [0.2, 0.25) is 0 Å². The van der Waals surface area contributed by atoms with E-state index in [9.17, 15) is 18.0 Å².